The van der Waals surface area contributed by atoms with Crippen LogP contribution in [0, 0.1) is 17.6 Å². The van der Waals surface area contributed by atoms with Gasteiger partial charge in [0.1, 0.15) is 0 Å². The van der Waals surface area contributed by atoms with Gasteiger partial charge in [-0.1, -0.05) is 77.0 Å². The first-order valence-electron chi connectivity index (χ1n) is 13.3. The van der Waals surface area contributed by atoms with Crippen molar-refractivity contribution in [2.24, 2.45) is 5.92 Å². The minimum atomic E-state index is -1.09. The fraction of sp³-hybridized carbons (Fsp3) is 0.567. The van der Waals surface area contributed by atoms with E-state index in [1.54, 1.807) is 12.1 Å². The molecule has 2 aromatic carbocycles. The van der Waals surface area contributed by atoms with Crippen LogP contribution in [0.25, 0.3) is 0 Å². The zero-order chi connectivity index (χ0) is 24.3. The monoisotopic (exact) mass is 470 g/mol. The molecule has 0 atom stereocenters. The van der Waals surface area contributed by atoms with Crippen LogP contribution in [0.1, 0.15) is 118 Å². The second-order valence-corrected chi connectivity index (χ2v) is 9.89. The van der Waals surface area contributed by atoms with E-state index in [-0.39, 0.29) is 5.75 Å². The van der Waals surface area contributed by atoms with Gasteiger partial charge in [0.25, 0.3) is 0 Å². The molecule has 1 saturated carbocycles. The summed E-state index contributed by atoms with van der Waals surface area (Å²) in [7, 11) is 0. The van der Waals surface area contributed by atoms with Crippen LogP contribution in [0.2, 0.25) is 0 Å². The molecule has 3 rings (SSSR count). The number of esters is 1. The lowest BCUT2D eigenvalue weighted by Gasteiger charge is -2.29. The van der Waals surface area contributed by atoms with Gasteiger partial charge in [0.15, 0.2) is 11.6 Å². The molecule has 1 aliphatic carbocycles. The van der Waals surface area contributed by atoms with E-state index in [1.165, 1.54) is 75.5 Å². The normalized spacial score (nSPS) is 18.1. The smallest absolute Gasteiger partial charge is 0.343 e. The van der Waals surface area contributed by atoms with Crippen molar-refractivity contribution in [2.45, 2.75) is 103 Å². The van der Waals surface area contributed by atoms with Crippen molar-refractivity contribution in [3.8, 4) is 5.75 Å². The molecule has 0 unspecified atom stereocenters. The highest BCUT2D eigenvalue weighted by Gasteiger charge is 2.23. The van der Waals surface area contributed by atoms with Gasteiger partial charge in [-0.25, -0.2) is 9.18 Å². The van der Waals surface area contributed by atoms with Crippen molar-refractivity contribution in [2.75, 3.05) is 0 Å². The van der Waals surface area contributed by atoms with E-state index in [9.17, 15) is 13.6 Å². The van der Waals surface area contributed by atoms with Gasteiger partial charge in [0.05, 0.1) is 5.56 Å². The van der Waals surface area contributed by atoms with Crippen LogP contribution in [-0.2, 0) is 6.42 Å². The Hall–Kier alpha value is -2.23. The average molecular weight is 471 g/mol. The molecule has 0 amide bonds. The third kappa shape index (κ3) is 7.38. The highest BCUT2D eigenvalue weighted by Crippen LogP contribution is 2.38. The molecule has 4 heteroatoms. The number of carbonyl (C=O) groups excluding carboxylic acids is 1. The van der Waals surface area contributed by atoms with Crippen LogP contribution in [0.4, 0.5) is 8.78 Å². The molecule has 0 aromatic heterocycles. The van der Waals surface area contributed by atoms with Crippen molar-refractivity contribution in [3.05, 3.63) is 64.7 Å². The second kappa shape index (κ2) is 13.6. The highest BCUT2D eigenvalue weighted by molar-refractivity contribution is 5.91. The van der Waals surface area contributed by atoms with Crippen LogP contribution >= 0.6 is 0 Å². The predicted molar refractivity (Wildman–Crippen MR) is 134 cm³/mol. The van der Waals surface area contributed by atoms with Crippen molar-refractivity contribution in [1.82, 2.24) is 0 Å². The summed E-state index contributed by atoms with van der Waals surface area (Å²) in [6.07, 6.45) is 14.9. The average Bonchev–Trinajstić information content (AvgIpc) is 2.86. The molecule has 0 heterocycles. The molecular weight excluding hydrogens is 430 g/mol. The van der Waals surface area contributed by atoms with E-state index >= 15 is 0 Å². The minimum absolute atomic E-state index is 0.325. The molecule has 0 aliphatic heterocycles. The number of hydrogen-bond donors (Lipinski definition) is 0. The Morgan fingerprint density at radius 3 is 2.18 bits per heavy atom. The van der Waals surface area contributed by atoms with E-state index in [1.807, 2.05) is 12.1 Å². The van der Waals surface area contributed by atoms with E-state index in [0.29, 0.717) is 23.5 Å². The largest absolute Gasteiger partial charge is 0.420 e. The summed E-state index contributed by atoms with van der Waals surface area (Å²) >= 11 is 0. The van der Waals surface area contributed by atoms with E-state index in [4.69, 9.17) is 4.74 Å². The maximum Gasteiger partial charge on any atom is 0.343 e. The Labute approximate surface area is 204 Å². The van der Waals surface area contributed by atoms with Crippen LogP contribution < -0.4 is 4.74 Å². The van der Waals surface area contributed by atoms with Gasteiger partial charge < -0.3 is 4.74 Å². The number of carbonyl (C=O) groups is 1. The van der Waals surface area contributed by atoms with Crippen LogP contribution in [0.5, 0.6) is 5.75 Å². The molecular formula is C30H40F2O2. The highest BCUT2D eigenvalue weighted by atomic mass is 19.2. The summed E-state index contributed by atoms with van der Waals surface area (Å²) in [6, 6.07) is 10.3. The number of ether oxygens (including phenoxy) is 1. The standard InChI is InChI=1S/C30H40F2O2/c1-3-5-7-9-10-22-12-14-23(15-13-22)24-16-18-26(19-17-24)30(33)34-27-21-20-25(11-8-6-4-2)28(31)29(27)32/h16-23H,3-15H2,1-2H3. The maximum absolute atomic E-state index is 14.4. The van der Waals surface area contributed by atoms with Crippen LogP contribution in [-0.4, -0.2) is 5.97 Å². The molecule has 1 fully saturated rings. The lowest BCUT2D eigenvalue weighted by atomic mass is 9.77. The first kappa shape index (κ1) is 26.4. The Balaban J connectivity index is 1.52. The summed E-state index contributed by atoms with van der Waals surface area (Å²) in [6.45, 7) is 4.31. The van der Waals surface area contributed by atoms with Gasteiger partial charge in [0, 0.05) is 0 Å². The SMILES string of the molecule is CCCCCCC1CCC(c2ccc(C(=O)Oc3ccc(CCCCC)c(F)c3F)cc2)CC1. The Kier molecular flexibility index (Phi) is 10.6. The molecule has 0 spiro atoms. The van der Waals surface area contributed by atoms with Gasteiger partial charge in [-0.05, 0) is 79.7 Å². The van der Waals surface area contributed by atoms with Gasteiger partial charge in [-0.15, -0.1) is 0 Å². The summed E-state index contributed by atoms with van der Waals surface area (Å²) < 4.78 is 34.0. The Morgan fingerprint density at radius 1 is 0.824 bits per heavy atom. The molecule has 186 valence electrons. The molecule has 0 radical (unpaired) electrons. The number of aryl methyl sites for hydroxylation is 1. The molecule has 0 N–H and O–H groups in total. The third-order valence-corrected chi connectivity index (χ3v) is 7.31. The quantitative estimate of drug-likeness (QED) is 0.176. The zero-order valence-corrected chi connectivity index (χ0v) is 20.9. The van der Waals surface area contributed by atoms with Crippen molar-refractivity contribution in [1.29, 1.82) is 0 Å². The van der Waals surface area contributed by atoms with Crippen LogP contribution in [0.15, 0.2) is 36.4 Å². The van der Waals surface area contributed by atoms with Gasteiger partial charge in [-0.2, -0.15) is 4.39 Å². The number of hydrogen-bond acceptors (Lipinski definition) is 2. The number of unbranched alkanes of at least 4 members (excludes halogenated alkanes) is 5. The molecule has 2 nitrogen and oxygen atoms in total. The molecule has 0 bridgehead atoms. The number of benzene rings is 2. The number of halogens is 2. The van der Waals surface area contributed by atoms with E-state index in [2.05, 4.69) is 13.8 Å². The maximum atomic E-state index is 14.4. The topological polar surface area (TPSA) is 26.3 Å². The molecule has 0 saturated heterocycles. The van der Waals surface area contributed by atoms with Gasteiger partial charge in [-0.3, -0.25) is 0 Å². The van der Waals surface area contributed by atoms with Gasteiger partial charge >= 0.3 is 5.97 Å². The summed E-state index contributed by atoms with van der Waals surface area (Å²) in [5, 5.41) is 0. The van der Waals surface area contributed by atoms with E-state index in [0.717, 1.165) is 25.2 Å². The third-order valence-electron chi connectivity index (χ3n) is 7.31. The fourth-order valence-electron chi connectivity index (χ4n) is 5.10. The zero-order valence-electron chi connectivity index (χ0n) is 20.9. The van der Waals surface area contributed by atoms with Crippen molar-refractivity contribution < 1.29 is 18.3 Å². The van der Waals surface area contributed by atoms with Gasteiger partial charge in [0.2, 0.25) is 5.82 Å². The lowest BCUT2D eigenvalue weighted by Crippen LogP contribution is -2.14. The Bertz CT molecular complexity index is 899. The summed E-state index contributed by atoms with van der Waals surface area (Å²) in [5.74, 6) is -1.65. The van der Waals surface area contributed by atoms with Crippen molar-refractivity contribution >= 4 is 5.97 Å². The minimum Gasteiger partial charge on any atom is -0.420 e. The fourth-order valence-corrected chi connectivity index (χ4v) is 5.10. The molecule has 2 aromatic rings. The first-order chi connectivity index (χ1) is 16.5. The predicted octanol–water partition coefficient (Wildman–Crippen LogP) is 9.16. The van der Waals surface area contributed by atoms with E-state index < -0.39 is 17.6 Å². The molecule has 1 aliphatic rings. The van der Waals surface area contributed by atoms with Crippen LogP contribution in [0.3, 0.4) is 0 Å². The number of rotatable bonds is 12. The lowest BCUT2D eigenvalue weighted by molar-refractivity contribution is 0.0726. The molecule has 34 heavy (non-hydrogen) atoms. The Morgan fingerprint density at radius 2 is 1.50 bits per heavy atom. The summed E-state index contributed by atoms with van der Waals surface area (Å²) in [5.41, 5.74) is 1.92. The summed E-state index contributed by atoms with van der Waals surface area (Å²) in [4.78, 5) is 12.5. The van der Waals surface area contributed by atoms with Crippen molar-refractivity contribution in [3.63, 3.8) is 0 Å². The second-order valence-electron chi connectivity index (χ2n) is 9.89. The first-order valence-corrected chi connectivity index (χ1v) is 13.3.